The van der Waals surface area contributed by atoms with E-state index in [0.29, 0.717) is 62.1 Å². The van der Waals surface area contributed by atoms with Crippen LogP contribution in [0.5, 0.6) is 17.2 Å². The van der Waals surface area contributed by atoms with Crippen molar-refractivity contribution in [3.8, 4) is 17.2 Å². The first-order valence-corrected chi connectivity index (χ1v) is 14.5. The number of methoxy groups -OCH3 is 3. The predicted octanol–water partition coefficient (Wildman–Crippen LogP) is 3.28. The molecule has 4 rings (SSSR count). The minimum absolute atomic E-state index is 0.0886. The van der Waals surface area contributed by atoms with Crippen molar-refractivity contribution in [2.24, 2.45) is 5.92 Å². The first-order valence-electron chi connectivity index (χ1n) is 13.1. The summed E-state index contributed by atoms with van der Waals surface area (Å²) in [5, 5.41) is 3.64. The molecule has 2 aliphatic rings. The van der Waals surface area contributed by atoms with Crippen molar-refractivity contribution in [3.63, 3.8) is 0 Å². The van der Waals surface area contributed by atoms with Gasteiger partial charge in [0.2, 0.25) is 15.9 Å². The summed E-state index contributed by atoms with van der Waals surface area (Å²) < 4.78 is 44.1. The van der Waals surface area contributed by atoms with E-state index in [0.717, 1.165) is 12.0 Å². The molecule has 0 aromatic heterocycles. The molecule has 1 spiro atoms. The van der Waals surface area contributed by atoms with E-state index >= 15 is 0 Å². The van der Waals surface area contributed by atoms with Crippen molar-refractivity contribution in [3.05, 3.63) is 48.0 Å². The fourth-order valence-corrected chi connectivity index (χ4v) is 6.94. The molecular formula is C28H39N3O6S. The Bertz CT molecular complexity index is 1220. The van der Waals surface area contributed by atoms with E-state index in [1.165, 1.54) is 4.31 Å². The zero-order chi connectivity index (χ0) is 27.5. The lowest BCUT2D eigenvalue weighted by atomic mass is 9.96. The van der Waals surface area contributed by atoms with E-state index in [-0.39, 0.29) is 16.8 Å². The Morgan fingerprint density at radius 2 is 1.63 bits per heavy atom. The quantitative estimate of drug-likeness (QED) is 0.489. The maximum atomic E-state index is 13.6. The van der Waals surface area contributed by atoms with Crippen LogP contribution in [0.2, 0.25) is 0 Å². The topological polar surface area (TPSA) is 97.4 Å². The molecule has 2 heterocycles. The molecule has 1 N–H and O–H groups in total. The second-order valence-electron chi connectivity index (χ2n) is 10.4. The molecule has 2 fully saturated rings. The summed E-state index contributed by atoms with van der Waals surface area (Å²) in [6, 6.07) is 12.0. The lowest BCUT2D eigenvalue weighted by molar-refractivity contribution is -0.133. The average Bonchev–Trinajstić information content (AvgIpc) is 3.16. The number of nitrogens with zero attached hydrogens (tertiary/aromatic N) is 2. The summed E-state index contributed by atoms with van der Waals surface area (Å²) in [4.78, 5) is 15.8. The van der Waals surface area contributed by atoms with Crippen LogP contribution in [0.1, 0.15) is 38.7 Å². The Morgan fingerprint density at radius 3 is 2.21 bits per heavy atom. The summed E-state index contributed by atoms with van der Waals surface area (Å²) in [6.45, 7) is 5.41. The standard InChI is InChI=1S/C28H39N3O6S/c1-20(2)18-24-27(32)31(15-12-21-6-11-25(36-4)26(19-21)37-5)28(29-24)13-16-30(17-14-28)38(33,34)23-9-7-22(35-3)8-10-23/h6-11,19-20,24,29H,12-18H2,1-5H3/t24-/m1/s1. The molecule has 2 aliphatic heterocycles. The number of nitrogens with one attached hydrogen (secondary N) is 1. The summed E-state index contributed by atoms with van der Waals surface area (Å²) in [5.74, 6) is 2.37. The van der Waals surface area contributed by atoms with Crippen LogP contribution in [-0.2, 0) is 21.2 Å². The Morgan fingerprint density at radius 1 is 0.974 bits per heavy atom. The van der Waals surface area contributed by atoms with E-state index in [1.807, 2.05) is 23.1 Å². The molecule has 1 amide bonds. The highest BCUT2D eigenvalue weighted by Gasteiger charge is 2.52. The summed E-state index contributed by atoms with van der Waals surface area (Å²) in [6.07, 6.45) is 2.43. The number of rotatable bonds is 10. The maximum absolute atomic E-state index is 13.6. The number of piperidine rings is 1. The minimum Gasteiger partial charge on any atom is -0.497 e. The van der Waals surface area contributed by atoms with E-state index in [2.05, 4.69) is 19.2 Å². The third-order valence-corrected chi connectivity index (χ3v) is 9.46. The molecule has 0 radical (unpaired) electrons. The molecule has 208 valence electrons. The van der Waals surface area contributed by atoms with Gasteiger partial charge in [-0.1, -0.05) is 19.9 Å². The molecule has 9 nitrogen and oxygen atoms in total. The SMILES string of the molecule is COc1ccc(S(=O)(=O)N2CCC3(CC2)N[C@H](CC(C)C)C(=O)N3CCc2ccc(OC)c(OC)c2)cc1. The lowest BCUT2D eigenvalue weighted by Crippen LogP contribution is -2.59. The van der Waals surface area contributed by atoms with Crippen LogP contribution in [0, 0.1) is 5.92 Å². The Balaban J connectivity index is 1.52. The summed E-state index contributed by atoms with van der Waals surface area (Å²) in [5.41, 5.74) is 0.469. The molecule has 2 saturated heterocycles. The predicted molar refractivity (Wildman–Crippen MR) is 145 cm³/mol. The Hall–Kier alpha value is -2.82. The van der Waals surface area contributed by atoms with Gasteiger partial charge in [-0.05, 0) is 73.6 Å². The van der Waals surface area contributed by atoms with Crippen molar-refractivity contribution < 1.29 is 27.4 Å². The Kier molecular flexibility index (Phi) is 8.54. The lowest BCUT2D eigenvalue weighted by Gasteiger charge is -2.44. The minimum atomic E-state index is -3.65. The van der Waals surface area contributed by atoms with Crippen molar-refractivity contribution in [2.75, 3.05) is 41.0 Å². The number of benzene rings is 2. The second-order valence-corrected chi connectivity index (χ2v) is 12.3. The first kappa shape index (κ1) is 28.2. The highest BCUT2D eigenvalue weighted by atomic mass is 32.2. The van der Waals surface area contributed by atoms with E-state index in [4.69, 9.17) is 14.2 Å². The second kappa shape index (κ2) is 11.5. The molecule has 0 saturated carbocycles. The zero-order valence-electron chi connectivity index (χ0n) is 22.9. The number of amides is 1. The number of sulfonamides is 1. The molecule has 1 atom stereocenters. The molecule has 2 aromatic carbocycles. The van der Waals surface area contributed by atoms with Gasteiger partial charge in [0.05, 0.1) is 37.9 Å². The smallest absolute Gasteiger partial charge is 0.243 e. The van der Waals surface area contributed by atoms with Gasteiger partial charge in [0.15, 0.2) is 11.5 Å². The van der Waals surface area contributed by atoms with Crippen LogP contribution < -0.4 is 19.5 Å². The van der Waals surface area contributed by atoms with Gasteiger partial charge in [-0.2, -0.15) is 4.31 Å². The molecule has 10 heteroatoms. The van der Waals surface area contributed by atoms with Gasteiger partial charge < -0.3 is 19.1 Å². The fraction of sp³-hybridized carbons (Fsp3) is 0.536. The van der Waals surface area contributed by atoms with Crippen LogP contribution >= 0.6 is 0 Å². The third-order valence-electron chi connectivity index (χ3n) is 7.55. The van der Waals surface area contributed by atoms with Crippen LogP contribution in [0.3, 0.4) is 0 Å². The van der Waals surface area contributed by atoms with Crippen molar-refractivity contribution in [1.29, 1.82) is 0 Å². The third kappa shape index (κ3) is 5.62. The zero-order valence-corrected chi connectivity index (χ0v) is 23.7. The number of hydrogen-bond donors (Lipinski definition) is 1. The highest BCUT2D eigenvalue weighted by Crippen LogP contribution is 2.36. The number of carbonyl (C=O) groups is 1. The summed E-state index contributed by atoms with van der Waals surface area (Å²) >= 11 is 0. The van der Waals surface area contributed by atoms with Crippen molar-refractivity contribution >= 4 is 15.9 Å². The monoisotopic (exact) mass is 545 g/mol. The van der Waals surface area contributed by atoms with E-state index < -0.39 is 15.7 Å². The van der Waals surface area contributed by atoms with Crippen molar-refractivity contribution in [1.82, 2.24) is 14.5 Å². The van der Waals surface area contributed by atoms with E-state index in [9.17, 15) is 13.2 Å². The van der Waals surface area contributed by atoms with Gasteiger partial charge in [0.1, 0.15) is 5.75 Å². The highest BCUT2D eigenvalue weighted by molar-refractivity contribution is 7.89. The fourth-order valence-electron chi connectivity index (χ4n) is 5.50. The molecule has 38 heavy (non-hydrogen) atoms. The molecule has 0 aliphatic carbocycles. The van der Waals surface area contributed by atoms with Gasteiger partial charge in [-0.15, -0.1) is 0 Å². The van der Waals surface area contributed by atoms with Crippen LogP contribution in [0.25, 0.3) is 0 Å². The van der Waals surface area contributed by atoms with Crippen molar-refractivity contribution in [2.45, 2.75) is 56.1 Å². The number of hydrogen-bond acceptors (Lipinski definition) is 7. The largest absolute Gasteiger partial charge is 0.497 e. The molecular weight excluding hydrogens is 506 g/mol. The maximum Gasteiger partial charge on any atom is 0.243 e. The van der Waals surface area contributed by atoms with Crippen LogP contribution in [-0.4, -0.2) is 76.2 Å². The molecule has 0 bridgehead atoms. The first-order chi connectivity index (χ1) is 18.1. The van der Waals surface area contributed by atoms with Gasteiger partial charge in [-0.25, -0.2) is 8.42 Å². The van der Waals surface area contributed by atoms with Gasteiger partial charge in [-0.3, -0.25) is 10.1 Å². The average molecular weight is 546 g/mol. The van der Waals surface area contributed by atoms with E-state index in [1.54, 1.807) is 45.6 Å². The summed E-state index contributed by atoms with van der Waals surface area (Å²) in [7, 11) is 1.11. The van der Waals surface area contributed by atoms with Gasteiger partial charge in [0, 0.05) is 19.6 Å². The van der Waals surface area contributed by atoms with Crippen LogP contribution in [0.4, 0.5) is 0 Å². The molecule has 2 aromatic rings. The normalized spacial score (nSPS) is 19.8. The molecule has 0 unspecified atom stereocenters. The number of ether oxygens (including phenoxy) is 3. The van der Waals surface area contributed by atoms with Crippen LogP contribution in [0.15, 0.2) is 47.4 Å². The van der Waals surface area contributed by atoms with Gasteiger partial charge in [0.25, 0.3) is 0 Å². The number of carbonyl (C=O) groups excluding carboxylic acids is 1. The van der Waals surface area contributed by atoms with Gasteiger partial charge >= 0.3 is 0 Å². The Labute approximate surface area is 226 Å².